The molecule has 0 unspecified atom stereocenters. The first-order valence-electron chi connectivity index (χ1n) is 11.2. The summed E-state index contributed by atoms with van der Waals surface area (Å²) >= 11 is 5.90. The van der Waals surface area contributed by atoms with Gasteiger partial charge >= 0.3 is 6.18 Å². The average molecular weight is 507 g/mol. The van der Waals surface area contributed by atoms with Gasteiger partial charge in [0.05, 0.1) is 17.9 Å². The molecule has 0 amide bonds. The summed E-state index contributed by atoms with van der Waals surface area (Å²) in [7, 11) is 0. The van der Waals surface area contributed by atoms with Crippen LogP contribution >= 0.6 is 11.6 Å². The van der Waals surface area contributed by atoms with Gasteiger partial charge in [0.2, 0.25) is 11.9 Å². The van der Waals surface area contributed by atoms with Crippen molar-refractivity contribution in [3.05, 3.63) is 70.0 Å². The number of halogens is 4. The SMILES string of the molecule is Cc1nc(Nc2ccc(Cc3ccc(Cl)cc3)cc2C(F)(F)F)nc(N2CCN(CCO)CC2)n1. The third-order valence-corrected chi connectivity index (χ3v) is 6.02. The minimum absolute atomic E-state index is 0.0567. The predicted octanol–water partition coefficient (Wildman–Crippen LogP) is 4.30. The van der Waals surface area contributed by atoms with Crippen LogP contribution in [-0.2, 0) is 12.6 Å². The summed E-state index contributed by atoms with van der Waals surface area (Å²) in [6.45, 7) is 5.15. The summed E-state index contributed by atoms with van der Waals surface area (Å²) in [6.07, 6.45) is -4.22. The van der Waals surface area contributed by atoms with E-state index in [0.29, 0.717) is 48.4 Å². The number of hydrogen-bond donors (Lipinski definition) is 2. The van der Waals surface area contributed by atoms with E-state index in [9.17, 15) is 13.2 Å². The number of anilines is 3. The molecule has 2 aromatic carbocycles. The maximum atomic E-state index is 13.9. The zero-order chi connectivity index (χ0) is 25.0. The van der Waals surface area contributed by atoms with Crippen molar-refractivity contribution < 1.29 is 18.3 Å². The first-order valence-corrected chi connectivity index (χ1v) is 11.6. The van der Waals surface area contributed by atoms with E-state index in [0.717, 1.165) is 24.7 Å². The molecule has 0 atom stereocenters. The van der Waals surface area contributed by atoms with Crippen LogP contribution in [0.15, 0.2) is 42.5 Å². The van der Waals surface area contributed by atoms with Crippen molar-refractivity contribution in [1.82, 2.24) is 19.9 Å². The third kappa shape index (κ3) is 6.59. The molecule has 3 aromatic rings. The minimum Gasteiger partial charge on any atom is -0.395 e. The van der Waals surface area contributed by atoms with Crippen LogP contribution in [0.2, 0.25) is 5.02 Å². The number of aliphatic hydroxyl groups excluding tert-OH is 1. The Kier molecular flexibility index (Phi) is 7.73. The number of piperazine rings is 1. The molecular formula is C24H26ClF3N6O. The number of rotatable bonds is 7. The molecule has 4 rings (SSSR count). The van der Waals surface area contributed by atoms with E-state index >= 15 is 0 Å². The highest BCUT2D eigenvalue weighted by atomic mass is 35.5. The second kappa shape index (κ2) is 10.8. The molecule has 2 heterocycles. The van der Waals surface area contributed by atoms with Crippen molar-refractivity contribution in [3.8, 4) is 0 Å². The topological polar surface area (TPSA) is 77.4 Å². The number of aliphatic hydroxyl groups is 1. The van der Waals surface area contributed by atoms with Crippen molar-refractivity contribution in [2.45, 2.75) is 19.5 Å². The van der Waals surface area contributed by atoms with Gasteiger partial charge in [0.1, 0.15) is 5.82 Å². The van der Waals surface area contributed by atoms with Crippen LogP contribution in [-0.4, -0.2) is 64.3 Å². The molecule has 1 aliphatic heterocycles. The van der Waals surface area contributed by atoms with Gasteiger partial charge in [0.25, 0.3) is 0 Å². The molecule has 11 heteroatoms. The molecule has 35 heavy (non-hydrogen) atoms. The Morgan fingerprint density at radius 1 is 0.971 bits per heavy atom. The Hall–Kier alpha value is -2.95. The van der Waals surface area contributed by atoms with Crippen LogP contribution in [0, 0.1) is 6.92 Å². The second-order valence-electron chi connectivity index (χ2n) is 8.36. The maximum Gasteiger partial charge on any atom is 0.418 e. The first-order chi connectivity index (χ1) is 16.7. The normalized spacial score (nSPS) is 14.9. The van der Waals surface area contributed by atoms with Gasteiger partial charge in [-0.25, -0.2) is 0 Å². The molecule has 7 nitrogen and oxygen atoms in total. The highest BCUT2D eigenvalue weighted by Gasteiger charge is 2.34. The van der Waals surface area contributed by atoms with Gasteiger partial charge < -0.3 is 15.3 Å². The molecule has 186 valence electrons. The number of benzene rings is 2. The van der Waals surface area contributed by atoms with E-state index in [-0.39, 0.29) is 18.2 Å². The van der Waals surface area contributed by atoms with E-state index in [2.05, 4.69) is 25.2 Å². The van der Waals surface area contributed by atoms with Gasteiger partial charge in [-0.05, 0) is 48.7 Å². The van der Waals surface area contributed by atoms with Gasteiger partial charge in [0, 0.05) is 37.7 Å². The third-order valence-electron chi connectivity index (χ3n) is 5.76. The number of β-amino-alcohol motifs (C(OH)–C–C–N with tert-alkyl or cyclic N) is 1. The quantitative estimate of drug-likeness (QED) is 0.494. The van der Waals surface area contributed by atoms with Gasteiger partial charge in [-0.15, -0.1) is 0 Å². The Morgan fingerprint density at radius 2 is 1.66 bits per heavy atom. The van der Waals surface area contributed by atoms with Crippen molar-refractivity contribution in [3.63, 3.8) is 0 Å². The lowest BCUT2D eigenvalue weighted by molar-refractivity contribution is -0.137. The Morgan fingerprint density at radius 3 is 2.31 bits per heavy atom. The Balaban J connectivity index is 1.55. The van der Waals surface area contributed by atoms with Gasteiger partial charge in [0.15, 0.2) is 0 Å². The van der Waals surface area contributed by atoms with Gasteiger partial charge in [-0.1, -0.05) is 29.8 Å². The van der Waals surface area contributed by atoms with Crippen molar-refractivity contribution in [1.29, 1.82) is 0 Å². The van der Waals surface area contributed by atoms with Crippen molar-refractivity contribution in [2.24, 2.45) is 0 Å². The van der Waals surface area contributed by atoms with Gasteiger partial charge in [-0.2, -0.15) is 28.1 Å². The zero-order valence-electron chi connectivity index (χ0n) is 19.2. The molecule has 0 aliphatic carbocycles. The fourth-order valence-electron chi connectivity index (χ4n) is 3.98. The molecule has 0 radical (unpaired) electrons. The summed E-state index contributed by atoms with van der Waals surface area (Å²) < 4.78 is 41.8. The number of nitrogens with one attached hydrogen (secondary N) is 1. The second-order valence-corrected chi connectivity index (χ2v) is 8.80. The van der Waals surface area contributed by atoms with Crippen LogP contribution in [0.4, 0.5) is 30.8 Å². The summed E-state index contributed by atoms with van der Waals surface area (Å²) in [5.41, 5.74) is 0.474. The highest BCUT2D eigenvalue weighted by Crippen LogP contribution is 2.37. The highest BCUT2D eigenvalue weighted by molar-refractivity contribution is 6.30. The van der Waals surface area contributed by atoms with E-state index in [1.165, 1.54) is 6.07 Å². The van der Waals surface area contributed by atoms with Crippen molar-refractivity contribution in [2.75, 3.05) is 49.5 Å². The Labute approximate surface area is 206 Å². The summed E-state index contributed by atoms with van der Waals surface area (Å²) in [5.74, 6) is 0.876. The van der Waals surface area contributed by atoms with Crippen LogP contribution in [0.25, 0.3) is 0 Å². The molecule has 1 fully saturated rings. The van der Waals surface area contributed by atoms with Crippen LogP contribution in [0.5, 0.6) is 0 Å². The smallest absolute Gasteiger partial charge is 0.395 e. The van der Waals surface area contributed by atoms with E-state index in [1.54, 1.807) is 37.3 Å². The van der Waals surface area contributed by atoms with Crippen LogP contribution in [0.3, 0.4) is 0 Å². The lowest BCUT2D eigenvalue weighted by Gasteiger charge is -2.34. The van der Waals surface area contributed by atoms with Crippen molar-refractivity contribution >= 4 is 29.2 Å². The number of hydrogen-bond acceptors (Lipinski definition) is 7. The molecule has 1 aromatic heterocycles. The molecule has 2 N–H and O–H groups in total. The summed E-state index contributed by atoms with van der Waals surface area (Å²) in [5, 5.41) is 12.4. The summed E-state index contributed by atoms with van der Waals surface area (Å²) in [4.78, 5) is 17.1. The molecule has 0 spiro atoms. The van der Waals surface area contributed by atoms with Crippen LogP contribution < -0.4 is 10.2 Å². The lowest BCUT2D eigenvalue weighted by Crippen LogP contribution is -2.47. The largest absolute Gasteiger partial charge is 0.418 e. The number of alkyl halides is 3. The van der Waals surface area contributed by atoms with E-state index in [4.69, 9.17) is 16.7 Å². The molecule has 0 saturated carbocycles. The van der Waals surface area contributed by atoms with Crippen LogP contribution in [0.1, 0.15) is 22.5 Å². The van der Waals surface area contributed by atoms with Gasteiger partial charge in [-0.3, -0.25) is 4.90 Å². The minimum atomic E-state index is -4.56. The Bertz CT molecular complexity index is 1150. The molecule has 0 bridgehead atoms. The fraction of sp³-hybridized carbons (Fsp3) is 0.375. The molecule has 1 aliphatic rings. The maximum absolute atomic E-state index is 13.9. The first kappa shape index (κ1) is 25.2. The zero-order valence-corrected chi connectivity index (χ0v) is 19.9. The molecular weight excluding hydrogens is 481 g/mol. The molecule has 1 saturated heterocycles. The number of aromatic nitrogens is 3. The standard InChI is InChI=1S/C24H26ClF3N6O/c1-16-29-22(32-23(30-16)34-10-8-33(9-11-34)12-13-35)31-21-7-4-18(15-20(21)24(26,27)28)14-17-2-5-19(25)6-3-17/h2-7,15,35H,8-14H2,1H3,(H,29,30,31,32). The van der Waals surface area contributed by atoms with E-state index in [1.807, 2.05) is 4.90 Å². The number of aryl methyl sites for hydroxylation is 1. The monoisotopic (exact) mass is 506 g/mol. The summed E-state index contributed by atoms with van der Waals surface area (Å²) in [6, 6.07) is 11.2. The lowest BCUT2D eigenvalue weighted by atomic mass is 10.0. The average Bonchev–Trinajstić information content (AvgIpc) is 2.81. The van der Waals surface area contributed by atoms with E-state index < -0.39 is 11.7 Å². The number of nitrogens with zero attached hydrogens (tertiary/aromatic N) is 5. The predicted molar refractivity (Wildman–Crippen MR) is 129 cm³/mol. The fourth-order valence-corrected chi connectivity index (χ4v) is 4.11.